The monoisotopic (exact) mass is 440 g/mol. The summed E-state index contributed by atoms with van der Waals surface area (Å²) in [6.07, 6.45) is 5.54. The number of nitrogens with one attached hydrogen (secondary N) is 1. The molecular weight excluding hydrogens is 408 g/mol. The predicted molar refractivity (Wildman–Crippen MR) is 121 cm³/mol. The van der Waals surface area contributed by atoms with Gasteiger partial charge in [-0.15, -0.1) is 21.5 Å². The third-order valence-corrected chi connectivity index (χ3v) is 7.76. The van der Waals surface area contributed by atoms with Crippen molar-refractivity contribution in [2.45, 2.75) is 89.4 Å². The van der Waals surface area contributed by atoms with Gasteiger partial charge in [0.1, 0.15) is 18.1 Å². The second-order valence-corrected chi connectivity index (χ2v) is 10.1. The van der Waals surface area contributed by atoms with E-state index in [2.05, 4.69) is 51.8 Å². The maximum atomic E-state index is 12.1. The average Bonchev–Trinajstić information content (AvgIpc) is 3.44. The molecule has 0 unspecified atom stereocenters. The maximum absolute atomic E-state index is 12.1. The first-order chi connectivity index (χ1) is 15.0. The van der Waals surface area contributed by atoms with Crippen LogP contribution in [0.3, 0.4) is 0 Å². The molecule has 2 saturated heterocycles. The van der Waals surface area contributed by atoms with Gasteiger partial charge in [0.15, 0.2) is 0 Å². The van der Waals surface area contributed by atoms with E-state index in [0.717, 1.165) is 42.3 Å². The van der Waals surface area contributed by atoms with E-state index in [-0.39, 0.29) is 18.4 Å². The SMILES string of the molecule is Cc1nnc(C(C)C)n1C1C[C@@H]2CC[C@@H](C1)N2CC[C@H](NC(=O)CC#N)c1cccs1. The molecule has 0 radical (unpaired) electrons. The van der Waals surface area contributed by atoms with Crippen molar-refractivity contribution in [1.29, 1.82) is 5.26 Å². The topological polar surface area (TPSA) is 86.8 Å². The first-order valence-electron chi connectivity index (χ1n) is 11.3. The number of piperidine rings is 1. The molecule has 0 aromatic carbocycles. The molecule has 2 fully saturated rings. The summed E-state index contributed by atoms with van der Waals surface area (Å²) in [5.41, 5.74) is 0. The molecule has 1 N–H and O–H groups in total. The predicted octanol–water partition coefficient (Wildman–Crippen LogP) is 4.10. The number of nitrogens with zero attached hydrogens (tertiary/aromatic N) is 5. The number of hydrogen-bond donors (Lipinski definition) is 1. The van der Waals surface area contributed by atoms with Gasteiger partial charge in [-0.25, -0.2) is 0 Å². The molecule has 7 nitrogen and oxygen atoms in total. The van der Waals surface area contributed by atoms with Crippen LogP contribution in [0.15, 0.2) is 17.5 Å². The number of nitriles is 1. The summed E-state index contributed by atoms with van der Waals surface area (Å²) in [6, 6.07) is 7.65. The van der Waals surface area contributed by atoms with Gasteiger partial charge < -0.3 is 9.88 Å². The van der Waals surface area contributed by atoms with Crippen molar-refractivity contribution in [3.63, 3.8) is 0 Å². The minimum Gasteiger partial charge on any atom is -0.348 e. The Labute approximate surface area is 188 Å². The molecule has 2 aliphatic rings. The first-order valence-corrected chi connectivity index (χ1v) is 12.2. The number of fused-ring (bicyclic) bond motifs is 2. The summed E-state index contributed by atoms with van der Waals surface area (Å²) >= 11 is 1.67. The molecule has 3 atom stereocenters. The van der Waals surface area contributed by atoms with Crippen LogP contribution in [-0.2, 0) is 4.79 Å². The number of carbonyl (C=O) groups is 1. The zero-order valence-electron chi connectivity index (χ0n) is 18.6. The van der Waals surface area contributed by atoms with Crippen molar-refractivity contribution >= 4 is 17.2 Å². The molecule has 0 spiro atoms. The summed E-state index contributed by atoms with van der Waals surface area (Å²) < 4.78 is 2.39. The smallest absolute Gasteiger partial charge is 0.234 e. The summed E-state index contributed by atoms with van der Waals surface area (Å²) in [6.45, 7) is 7.42. The van der Waals surface area contributed by atoms with Crippen LogP contribution in [0.25, 0.3) is 0 Å². The van der Waals surface area contributed by atoms with Gasteiger partial charge in [0, 0.05) is 35.5 Å². The molecule has 2 aromatic heterocycles. The van der Waals surface area contributed by atoms with E-state index in [0.29, 0.717) is 24.0 Å². The molecule has 166 valence electrons. The Morgan fingerprint density at radius 2 is 2.03 bits per heavy atom. The first kappa shape index (κ1) is 22.0. The van der Waals surface area contributed by atoms with Crippen LogP contribution < -0.4 is 5.32 Å². The number of aromatic nitrogens is 3. The number of hydrogen-bond acceptors (Lipinski definition) is 6. The van der Waals surface area contributed by atoms with Crippen molar-refractivity contribution in [2.75, 3.05) is 6.54 Å². The fourth-order valence-corrected chi connectivity index (χ4v) is 6.23. The molecule has 8 heteroatoms. The fourth-order valence-electron chi connectivity index (χ4n) is 5.42. The number of carbonyl (C=O) groups excluding carboxylic acids is 1. The Bertz CT molecular complexity index is 917. The molecule has 2 bridgehead atoms. The lowest BCUT2D eigenvalue weighted by Gasteiger charge is -2.40. The lowest BCUT2D eigenvalue weighted by atomic mass is 9.95. The molecule has 31 heavy (non-hydrogen) atoms. The lowest BCUT2D eigenvalue weighted by molar-refractivity contribution is -0.120. The normalized spacial score (nSPS) is 24.3. The molecule has 4 heterocycles. The highest BCUT2D eigenvalue weighted by atomic mass is 32.1. The van der Waals surface area contributed by atoms with Crippen LogP contribution in [0, 0.1) is 18.3 Å². The van der Waals surface area contributed by atoms with Gasteiger partial charge in [0.2, 0.25) is 5.91 Å². The molecule has 2 aliphatic heterocycles. The van der Waals surface area contributed by atoms with Crippen LogP contribution in [0.2, 0.25) is 0 Å². The van der Waals surface area contributed by atoms with Crippen LogP contribution >= 0.6 is 11.3 Å². The van der Waals surface area contributed by atoms with Gasteiger partial charge in [-0.2, -0.15) is 5.26 Å². The quantitative estimate of drug-likeness (QED) is 0.668. The van der Waals surface area contributed by atoms with E-state index in [4.69, 9.17) is 5.26 Å². The molecule has 4 rings (SSSR count). The third kappa shape index (κ3) is 4.68. The highest BCUT2D eigenvalue weighted by Gasteiger charge is 2.42. The van der Waals surface area contributed by atoms with Crippen LogP contribution in [-0.4, -0.2) is 44.2 Å². The molecule has 2 aromatic rings. The van der Waals surface area contributed by atoms with Crippen molar-refractivity contribution in [3.05, 3.63) is 34.0 Å². The van der Waals surface area contributed by atoms with Crippen LogP contribution in [0.1, 0.15) is 86.9 Å². The standard InChI is InChI=1S/C23H32N6OS/c1-15(2)23-27-26-16(3)29(23)19-13-17-6-7-18(14-19)28(17)11-9-20(21-5-4-12-31-21)25-22(30)8-10-24/h4-5,12,15,17-20H,6-9,11,13-14H2,1-3H3,(H,25,30)/t17-,18-,20-/m0/s1. The minimum absolute atomic E-state index is 0.0226. The van der Waals surface area contributed by atoms with Crippen molar-refractivity contribution < 1.29 is 4.79 Å². The Morgan fingerprint density at radius 3 is 2.65 bits per heavy atom. The Balaban J connectivity index is 1.42. The average molecular weight is 441 g/mol. The minimum atomic E-state index is -0.188. The maximum Gasteiger partial charge on any atom is 0.234 e. The van der Waals surface area contributed by atoms with Crippen LogP contribution in [0.5, 0.6) is 0 Å². The van der Waals surface area contributed by atoms with Crippen molar-refractivity contribution in [3.8, 4) is 6.07 Å². The van der Waals surface area contributed by atoms with Gasteiger partial charge in [-0.3, -0.25) is 9.69 Å². The highest BCUT2D eigenvalue weighted by molar-refractivity contribution is 7.10. The zero-order chi connectivity index (χ0) is 22.0. The molecular formula is C23H32N6OS. The summed E-state index contributed by atoms with van der Waals surface area (Å²) in [5, 5.41) is 22.8. The van der Waals surface area contributed by atoms with Gasteiger partial charge in [0.05, 0.1) is 12.1 Å². The van der Waals surface area contributed by atoms with Crippen LogP contribution in [0.4, 0.5) is 0 Å². The fraction of sp³-hybridized carbons (Fsp3) is 0.652. The number of amides is 1. The van der Waals surface area contributed by atoms with E-state index in [9.17, 15) is 4.79 Å². The largest absolute Gasteiger partial charge is 0.348 e. The van der Waals surface area contributed by atoms with Gasteiger partial charge in [-0.1, -0.05) is 19.9 Å². The lowest BCUT2D eigenvalue weighted by Crippen LogP contribution is -2.45. The Hall–Kier alpha value is -2.24. The second-order valence-electron chi connectivity index (χ2n) is 9.14. The van der Waals surface area contributed by atoms with E-state index in [1.165, 1.54) is 12.8 Å². The Morgan fingerprint density at radius 1 is 1.29 bits per heavy atom. The molecule has 1 amide bonds. The number of thiophene rings is 1. The highest BCUT2D eigenvalue weighted by Crippen LogP contribution is 2.42. The number of rotatable bonds is 8. The molecule has 0 saturated carbocycles. The van der Waals surface area contributed by atoms with E-state index in [1.54, 1.807) is 11.3 Å². The second kappa shape index (κ2) is 9.49. The zero-order valence-corrected chi connectivity index (χ0v) is 19.4. The molecule has 0 aliphatic carbocycles. The van der Waals surface area contributed by atoms with Gasteiger partial charge in [0.25, 0.3) is 0 Å². The van der Waals surface area contributed by atoms with E-state index in [1.807, 2.05) is 17.5 Å². The van der Waals surface area contributed by atoms with Gasteiger partial charge >= 0.3 is 0 Å². The summed E-state index contributed by atoms with van der Waals surface area (Å²) in [5.74, 6) is 2.32. The summed E-state index contributed by atoms with van der Waals surface area (Å²) in [4.78, 5) is 15.9. The van der Waals surface area contributed by atoms with E-state index < -0.39 is 0 Å². The third-order valence-electron chi connectivity index (χ3n) is 6.77. The number of aryl methyl sites for hydroxylation is 1. The summed E-state index contributed by atoms with van der Waals surface area (Å²) in [7, 11) is 0. The van der Waals surface area contributed by atoms with Crippen molar-refractivity contribution in [2.24, 2.45) is 0 Å². The Kier molecular flexibility index (Phi) is 6.73. The van der Waals surface area contributed by atoms with E-state index >= 15 is 0 Å². The van der Waals surface area contributed by atoms with Gasteiger partial charge in [-0.05, 0) is 50.5 Å². The van der Waals surface area contributed by atoms with Crippen molar-refractivity contribution in [1.82, 2.24) is 25.0 Å².